The van der Waals surface area contributed by atoms with Crippen LogP contribution in [0.2, 0.25) is 0 Å². The lowest BCUT2D eigenvalue weighted by molar-refractivity contribution is -0.130. The molecule has 0 aromatic carbocycles. The molecule has 0 aromatic rings. The third-order valence-electron chi connectivity index (χ3n) is 4.07. The molecule has 3 nitrogen and oxygen atoms in total. The Bertz CT molecular complexity index is 259. The van der Waals surface area contributed by atoms with E-state index >= 15 is 0 Å². The summed E-state index contributed by atoms with van der Waals surface area (Å²) >= 11 is 0. The van der Waals surface area contributed by atoms with Gasteiger partial charge >= 0.3 is 0 Å². The van der Waals surface area contributed by atoms with E-state index in [0.29, 0.717) is 12.5 Å². The van der Waals surface area contributed by atoms with Crippen LogP contribution in [0.15, 0.2) is 0 Å². The van der Waals surface area contributed by atoms with E-state index in [1.165, 1.54) is 25.7 Å². The van der Waals surface area contributed by atoms with E-state index in [2.05, 4.69) is 4.90 Å². The Balaban J connectivity index is 1.71. The van der Waals surface area contributed by atoms with Gasteiger partial charge in [0.05, 0.1) is 0 Å². The normalized spacial score (nSPS) is 31.7. The van der Waals surface area contributed by atoms with Crippen molar-refractivity contribution in [2.45, 2.75) is 38.1 Å². The quantitative estimate of drug-likeness (QED) is 0.751. The van der Waals surface area contributed by atoms with Crippen molar-refractivity contribution in [3.63, 3.8) is 0 Å². The molecule has 1 amide bonds. The highest BCUT2D eigenvalue weighted by Gasteiger charge is 2.48. The first-order chi connectivity index (χ1) is 7.29. The van der Waals surface area contributed by atoms with Crippen LogP contribution in [0.25, 0.3) is 0 Å². The number of hydrogen-bond acceptors (Lipinski definition) is 2. The molecule has 15 heavy (non-hydrogen) atoms. The highest BCUT2D eigenvalue weighted by molar-refractivity contribution is 5.79. The first-order valence-electron chi connectivity index (χ1n) is 6.20. The third kappa shape index (κ3) is 1.78. The topological polar surface area (TPSA) is 40.5 Å². The van der Waals surface area contributed by atoms with Crippen LogP contribution in [0.5, 0.6) is 0 Å². The van der Waals surface area contributed by atoms with Crippen molar-refractivity contribution in [1.29, 1.82) is 0 Å². The zero-order valence-corrected chi connectivity index (χ0v) is 9.06. The number of aliphatic hydroxyl groups is 1. The molecule has 1 aliphatic heterocycles. The maximum Gasteiger partial charge on any atom is 0.223 e. The number of amides is 1. The molecule has 1 N–H and O–H groups in total. The second-order valence-electron chi connectivity index (χ2n) is 5.46. The summed E-state index contributed by atoms with van der Waals surface area (Å²) < 4.78 is 0. The van der Waals surface area contributed by atoms with Crippen LogP contribution >= 0.6 is 0 Å². The molecule has 3 rings (SSSR count). The maximum absolute atomic E-state index is 11.9. The van der Waals surface area contributed by atoms with Crippen LogP contribution in [0.3, 0.4) is 0 Å². The van der Waals surface area contributed by atoms with Gasteiger partial charge in [-0.05, 0) is 37.5 Å². The fraction of sp³-hybridized carbons (Fsp3) is 0.917. The summed E-state index contributed by atoms with van der Waals surface area (Å²) in [5.74, 6) is 2.08. The first kappa shape index (κ1) is 9.64. The lowest BCUT2D eigenvalue weighted by atomic mass is 10.1. The summed E-state index contributed by atoms with van der Waals surface area (Å²) in [5.41, 5.74) is 0. The molecule has 0 aromatic heterocycles. The van der Waals surface area contributed by atoms with Gasteiger partial charge in [-0.25, -0.2) is 0 Å². The summed E-state index contributed by atoms with van der Waals surface area (Å²) in [6.45, 7) is 0.983. The van der Waals surface area contributed by atoms with Gasteiger partial charge in [0.1, 0.15) is 0 Å². The largest absolute Gasteiger partial charge is 0.396 e. The van der Waals surface area contributed by atoms with Crippen LogP contribution in [-0.2, 0) is 4.79 Å². The van der Waals surface area contributed by atoms with Crippen molar-refractivity contribution in [2.24, 2.45) is 17.8 Å². The van der Waals surface area contributed by atoms with E-state index in [1.54, 1.807) is 0 Å². The molecule has 0 radical (unpaired) electrons. The number of hydrogen-bond donors (Lipinski definition) is 1. The molecule has 3 heteroatoms. The van der Waals surface area contributed by atoms with Crippen molar-refractivity contribution >= 4 is 5.91 Å². The first-order valence-corrected chi connectivity index (χ1v) is 6.20. The number of carbonyl (C=O) groups is 1. The summed E-state index contributed by atoms with van der Waals surface area (Å²) in [7, 11) is 0. The van der Waals surface area contributed by atoms with Crippen LogP contribution in [0.1, 0.15) is 32.1 Å². The molecule has 3 aliphatic rings. The molecular formula is C12H19NO2. The Kier molecular flexibility index (Phi) is 2.23. The standard InChI is InChI=1S/C12H19NO2/c14-7-8-5-11(15)13(6-8)12(9-1-2-9)10-3-4-10/h8-10,12,14H,1-7H2. The van der Waals surface area contributed by atoms with Gasteiger partial charge in [0.25, 0.3) is 0 Å². The predicted octanol–water partition coefficient (Wildman–Crippen LogP) is 1.02. The van der Waals surface area contributed by atoms with Crippen LogP contribution in [0, 0.1) is 17.8 Å². The number of carbonyl (C=O) groups excluding carboxylic acids is 1. The second kappa shape index (κ2) is 3.48. The molecule has 1 saturated heterocycles. The molecule has 2 saturated carbocycles. The van der Waals surface area contributed by atoms with E-state index in [1.807, 2.05) is 0 Å². The van der Waals surface area contributed by atoms with E-state index in [-0.39, 0.29) is 18.4 Å². The van der Waals surface area contributed by atoms with Gasteiger partial charge in [-0.15, -0.1) is 0 Å². The molecule has 84 valence electrons. The van der Waals surface area contributed by atoms with Crippen LogP contribution in [0.4, 0.5) is 0 Å². The minimum Gasteiger partial charge on any atom is -0.396 e. The molecule has 1 atom stereocenters. The van der Waals surface area contributed by atoms with Gasteiger partial charge in [-0.3, -0.25) is 4.79 Å². The smallest absolute Gasteiger partial charge is 0.223 e. The number of rotatable bonds is 4. The molecule has 0 bridgehead atoms. The average Bonchev–Trinajstić information content (AvgIpc) is 3.09. The zero-order valence-electron chi connectivity index (χ0n) is 9.06. The summed E-state index contributed by atoms with van der Waals surface area (Å²) in [5, 5.41) is 9.11. The van der Waals surface area contributed by atoms with Crippen LogP contribution < -0.4 is 0 Å². The lowest BCUT2D eigenvalue weighted by Crippen LogP contribution is -2.39. The lowest BCUT2D eigenvalue weighted by Gasteiger charge is -2.28. The molecule has 3 fully saturated rings. The van der Waals surface area contributed by atoms with Gasteiger partial charge in [0.2, 0.25) is 5.91 Å². The Morgan fingerprint density at radius 3 is 2.27 bits per heavy atom. The van der Waals surface area contributed by atoms with Crippen molar-refractivity contribution in [3.8, 4) is 0 Å². The Labute approximate surface area is 90.5 Å². The molecule has 1 heterocycles. The van der Waals surface area contributed by atoms with Crippen molar-refractivity contribution in [3.05, 3.63) is 0 Å². The summed E-state index contributed by atoms with van der Waals surface area (Å²) in [6.07, 6.45) is 5.83. The maximum atomic E-state index is 11.9. The minimum absolute atomic E-state index is 0.171. The van der Waals surface area contributed by atoms with E-state index < -0.39 is 0 Å². The summed E-state index contributed by atoms with van der Waals surface area (Å²) in [4.78, 5) is 14.0. The van der Waals surface area contributed by atoms with E-state index in [9.17, 15) is 4.79 Å². The van der Waals surface area contributed by atoms with E-state index in [0.717, 1.165) is 18.4 Å². The fourth-order valence-electron chi connectivity index (χ4n) is 2.99. The van der Waals surface area contributed by atoms with Crippen molar-refractivity contribution in [1.82, 2.24) is 4.90 Å². The summed E-state index contributed by atoms with van der Waals surface area (Å²) in [6, 6.07) is 0.536. The van der Waals surface area contributed by atoms with E-state index in [4.69, 9.17) is 5.11 Å². The predicted molar refractivity (Wildman–Crippen MR) is 56.1 cm³/mol. The molecule has 0 spiro atoms. The zero-order chi connectivity index (χ0) is 10.4. The Morgan fingerprint density at radius 2 is 1.87 bits per heavy atom. The number of likely N-dealkylation sites (tertiary alicyclic amines) is 1. The van der Waals surface area contributed by atoms with Gasteiger partial charge < -0.3 is 10.0 Å². The van der Waals surface area contributed by atoms with Crippen molar-refractivity contribution < 1.29 is 9.90 Å². The van der Waals surface area contributed by atoms with Gasteiger partial charge in [-0.2, -0.15) is 0 Å². The number of aliphatic hydroxyl groups excluding tert-OH is 1. The molecular weight excluding hydrogens is 190 g/mol. The van der Waals surface area contributed by atoms with Gasteiger partial charge in [-0.1, -0.05) is 0 Å². The second-order valence-corrected chi connectivity index (χ2v) is 5.46. The molecule has 2 aliphatic carbocycles. The Morgan fingerprint density at radius 1 is 1.27 bits per heavy atom. The van der Waals surface area contributed by atoms with Crippen molar-refractivity contribution in [2.75, 3.05) is 13.2 Å². The fourth-order valence-corrected chi connectivity index (χ4v) is 2.99. The highest BCUT2D eigenvalue weighted by atomic mass is 16.3. The third-order valence-corrected chi connectivity index (χ3v) is 4.07. The Hall–Kier alpha value is -0.570. The SMILES string of the molecule is O=C1CC(CO)CN1C(C1CC1)C1CC1. The highest BCUT2D eigenvalue weighted by Crippen LogP contribution is 2.48. The minimum atomic E-state index is 0.171. The average molecular weight is 209 g/mol. The van der Waals surface area contributed by atoms with Crippen LogP contribution in [-0.4, -0.2) is 35.1 Å². The monoisotopic (exact) mass is 209 g/mol. The van der Waals surface area contributed by atoms with Gasteiger partial charge in [0, 0.05) is 31.5 Å². The van der Waals surface area contributed by atoms with Gasteiger partial charge in [0.15, 0.2) is 0 Å². The number of nitrogens with zero attached hydrogens (tertiary/aromatic N) is 1. The molecule has 1 unspecified atom stereocenters.